The van der Waals surface area contributed by atoms with Gasteiger partial charge >= 0.3 is 7.12 Å². The number of benzene rings is 6. The molecule has 1 aliphatic heterocycles. The summed E-state index contributed by atoms with van der Waals surface area (Å²) in [5.41, 5.74) is 4.93. The lowest BCUT2D eigenvalue weighted by molar-refractivity contribution is 0.00578. The Hall–Kier alpha value is -3.92. The first kappa shape index (κ1) is 24.1. The van der Waals surface area contributed by atoms with Crippen molar-refractivity contribution in [2.45, 2.75) is 38.9 Å². The molecule has 0 atom stereocenters. The first-order valence-electron chi connectivity index (χ1n) is 13.7. The van der Waals surface area contributed by atoms with E-state index in [1.54, 1.807) is 0 Å². The second-order valence-corrected chi connectivity index (χ2v) is 11.7. The van der Waals surface area contributed by atoms with Crippen LogP contribution in [0.15, 0.2) is 115 Å². The average Bonchev–Trinajstić information content (AvgIpc) is 3.17. The summed E-state index contributed by atoms with van der Waals surface area (Å²) in [5.74, 6) is 0. The Kier molecular flexibility index (Phi) is 5.45. The molecule has 0 unspecified atom stereocenters. The molecule has 0 saturated carbocycles. The second kappa shape index (κ2) is 8.81. The zero-order valence-electron chi connectivity index (χ0n) is 22.9. The van der Waals surface area contributed by atoms with Gasteiger partial charge in [-0.3, -0.25) is 0 Å². The molecule has 0 radical (unpaired) electrons. The van der Waals surface area contributed by atoms with Crippen LogP contribution in [0.1, 0.15) is 27.7 Å². The molecule has 0 amide bonds. The second-order valence-electron chi connectivity index (χ2n) is 11.7. The van der Waals surface area contributed by atoms with Crippen LogP contribution in [0, 0.1) is 0 Å². The topological polar surface area (TPSA) is 18.5 Å². The Morgan fingerprint density at radius 2 is 0.872 bits per heavy atom. The quantitative estimate of drug-likeness (QED) is 0.223. The van der Waals surface area contributed by atoms with E-state index in [1.807, 2.05) is 0 Å². The molecule has 190 valence electrons. The van der Waals surface area contributed by atoms with Gasteiger partial charge in [-0.1, -0.05) is 91.0 Å². The molecule has 0 spiro atoms. The van der Waals surface area contributed by atoms with Crippen LogP contribution in [0.5, 0.6) is 0 Å². The maximum absolute atomic E-state index is 6.63. The van der Waals surface area contributed by atoms with Crippen molar-refractivity contribution >= 4 is 44.9 Å². The van der Waals surface area contributed by atoms with E-state index in [0.29, 0.717) is 0 Å². The summed E-state index contributed by atoms with van der Waals surface area (Å²) in [6, 6.07) is 41.7. The van der Waals surface area contributed by atoms with Crippen LogP contribution in [0.2, 0.25) is 0 Å². The molecule has 7 rings (SSSR count). The molecule has 1 fully saturated rings. The summed E-state index contributed by atoms with van der Waals surface area (Å²) in [5, 5.41) is 7.29. The van der Waals surface area contributed by atoms with E-state index < -0.39 is 18.3 Å². The van der Waals surface area contributed by atoms with Gasteiger partial charge in [0.15, 0.2) is 0 Å². The highest BCUT2D eigenvalue weighted by atomic mass is 16.7. The predicted molar refractivity (Wildman–Crippen MR) is 166 cm³/mol. The number of hydrogen-bond donors (Lipinski definition) is 0. The van der Waals surface area contributed by atoms with Gasteiger partial charge in [-0.2, -0.15) is 0 Å². The summed E-state index contributed by atoms with van der Waals surface area (Å²) in [6.45, 7) is 8.46. The van der Waals surface area contributed by atoms with Crippen molar-refractivity contribution in [3.05, 3.63) is 115 Å². The molecule has 0 aliphatic carbocycles. The molecule has 39 heavy (non-hydrogen) atoms. The highest BCUT2D eigenvalue weighted by Gasteiger charge is 2.52. The molecule has 6 aromatic carbocycles. The van der Waals surface area contributed by atoms with Gasteiger partial charge in [-0.25, -0.2) is 0 Å². The lowest BCUT2D eigenvalue weighted by atomic mass is 9.72. The lowest BCUT2D eigenvalue weighted by Gasteiger charge is -2.32. The van der Waals surface area contributed by atoms with Crippen molar-refractivity contribution in [3.8, 4) is 22.3 Å². The van der Waals surface area contributed by atoms with E-state index in [-0.39, 0.29) is 0 Å². The minimum Gasteiger partial charge on any atom is -0.399 e. The Morgan fingerprint density at radius 1 is 0.436 bits per heavy atom. The third-order valence-corrected chi connectivity index (χ3v) is 8.66. The van der Waals surface area contributed by atoms with Crippen molar-refractivity contribution in [3.63, 3.8) is 0 Å². The zero-order chi connectivity index (χ0) is 26.8. The van der Waals surface area contributed by atoms with E-state index in [0.717, 1.165) is 11.0 Å². The molecule has 2 nitrogen and oxygen atoms in total. The summed E-state index contributed by atoms with van der Waals surface area (Å²) in [4.78, 5) is 0. The first-order valence-corrected chi connectivity index (χ1v) is 13.7. The predicted octanol–water partition coefficient (Wildman–Crippen LogP) is 8.78. The van der Waals surface area contributed by atoms with Gasteiger partial charge in [0.25, 0.3) is 0 Å². The lowest BCUT2D eigenvalue weighted by Crippen LogP contribution is -2.41. The Balaban J connectivity index is 1.52. The Bertz CT molecular complexity index is 1870. The van der Waals surface area contributed by atoms with E-state index in [9.17, 15) is 0 Å². The molecule has 1 heterocycles. The van der Waals surface area contributed by atoms with Gasteiger partial charge in [-0.15, -0.1) is 0 Å². The summed E-state index contributed by atoms with van der Waals surface area (Å²) in [7, 11) is -0.467. The van der Waals surface area contributed by atoms with Gasteiger partial charge in [-0.05, 0) is 112 Å². The van der Waals surface area contributed by atoms with Crippen LogP contribution in [-0.4, -0.2) is 18.3 Å². The number of hydrogen-bond acceptors (Lipinski definition) is 2. The van der Waals surface area contributed by atoms with Crippen LogP contribution in [-0.2, 0) is 9.31 Å². The van der Waals surface area contributed by atoms with Crippen LogP contribution < -0.4 is 5.46 Å². The van der Waals surface area contributed by atoms with E-state index >= 15 is 0 Å². The maximum atomic E-state index is 6.63. The smallest absolute Gasteiger partial charge is 0.399 e. The first-order chi connectivity index (χ1) is 18.8. The summed E-state index contributed by atoms with van der Waals surface area (Å²) >= 11 is 0. The minimum atomic E-state index is -0.467. The van der Waals surface area contributed by atoms with Crippen molar-refractivity contribution in [2.75, 3.05) is 0 Å². The highest BCUT2D eigenvalue weighted by Crippen LogP contribution is 2.41. The van der Waals surface area contributed by atoms with Gasteiger partial charge in [0, 0.05) is 0 Å². The molecule has 0 aromatic heterocycles. The molecule has 1 aliphatic rings. The SMILES string of the molecule is CC1(C)OB(c2cc3ccccc3cc2-c2cc3ccccc3cc2-c2ccc3ccccc3c2)OC1(C)C. The summed E-state index contributed by atoms with van der Waals surface area (Å²) in [6.07, 6.45) is 0. The van der Waals surface area contributed by atoms with Gasteiger partial charge in [0.1, 0.15) is 0 Å². The van der Waals surface area contributed by atoms with Crippen molar-refractivity contribution in [2.24, 2.45) is 0 Å². The van der Waals surface area contributed by atoms with E-state index in [4.69, 9.17) is 9.31 Å². The fourth-order valence-electron chi connectivity index (χ4n) is 5.72. The molecule has 3 heteroatoms. The van der Waals surface area contributed by atoms with Gasteiger partial charge < -0.3 is 9.31 Å². The molecule has 0 N–H and O–H groups in total. The number of fused-ring (bicyclic) bond motifs is 3. The van der Waals surface area contributed by atoms with Crippen molar-refractivity contribution in [1.29, 1.82) is 0 Å². The van der Waals surface area contributed by atoms with Gasteiger partial charge in [0.2, 0.25) is 0 Å². The summed E-state index contributed by atoms with van der Waals surface area (Å²) < 4.78 is 13.3. The monoisotopic (exact) mass is 506 g/mol. The minimum absolute atomic E-state index is 0.425. The van der Waals surface area contributed by atoms with Crippen molar-refractivity contribution in [1.82, 2.24) is 0 Å². The fraction of sp³-hybridized carbons (Fsp3) is 0.167. The maximum Gasteiger partial charge on any atom is 0.495 e. The van der Waals surface area contributed by atoms with Gasteiger partial charge in [0.05, 0.1) is 11.2 Å². The van der Waals surface area contributed by atoms with Crippen molar-refractivity contribution < 1.29 is 9.31 Å². The molecule has 1 saturated heterocycles. The molecule has 6 aromatic rings. The van der Waals surface area contributed by atoms with Crippen LogP contribution in [0.4, 0.5) is 0 Å². The van der Waals surface area contributed by atoms with Crippen LogP contribution in [0.3, 0.4) is 0 Å². The fourth-order valence-corrected chi connectivity index (χ4v) is 5.72. The number of rotatable bonds is 3. The molecule has 0 bridgehead atoms. The normalized spacial score (nSPS) is 16.4. The largest absolute Gasteiger partial charge is 0.495 e. The van der Waals surface area contributed by atoms with E-state index in [1.165, 1.54) is 49.0 Å². The Labute approximate surface area is 230 Å². The standard InChI is InChI=1S/C36H31BO2/c1-35(2)36(3,4)39-37(38-35)34-23-29-16-10-9-15-28(29)22-33(34)32-21-27-14-8-7-13-26(27)20-31(32)30-18-17-24-11-5-6-12-25(24)19-30/h5-23H,1-4H3. The molecular weight excluding hydrogens is 475 g/mol. The Morgan fingerprint density at radius 3 is 1.44 bits per heavy atom. The molecular formula is C36H31BO2. The third kappa shape index (κ3) is 4.05. The van der Waals surface area contributed by atoms with E-state index in [2.05, 4.69) is 143 Å². The third-order valence-electron chi connectivity index (χ3n) is 8.66. The highest BCUT2D eigenvalue weighted by molar-refractivity contribution is 6.64. The van der Waals surface area contributed by atoms with Crippen LogP contribution in [0.25, 0.3) is 54.6 Å². The zero-order valence-corrected chi connectivity index (χ0v) is 22.9. The van der Waals surface area contributed by atoms with Crippen LogP contribution >= 0.6 is 0 Å². The average molecular weight is 506 g/mol.